The second kappa shape index (κ2) is 2.40. The number of nitrogens with two attached hydrogens (primary N) is 1. The molecule has 2 nitrogen and oxygen atoms in total. The van der Waals surface area contributed by atoms with Gasteiger partial charge in [0.15, 0.2) is 0 Å². The lowest BCUT2D eigenvalue weighted by Gasteiger charge is -1.97. The molecule has 0 radical (unpaired) electrons. The molecule has 1 rings (SSSR count). The lowest BCUT2D eigenvalue weighted by molar-refractivity contribution is 0.415. The number of methoxy groups -OCH3 is 1. The third-order valence-electron chi connectivity index (χ3n) is 0.939. The van der Waals surface area contributed by atoms with E-state index < -0.39 is 0 Å². The van der Waals surface area contributed by atoms with Crippen LogP contribution in [0, 0.1) is 0 Å². The van der Waals surface area contributed by atoms with Gasteiger partial charge in [-0.2, -0.15) is 0 Å². The van der Waals surface area contributed by atoms with Crippen molar-refractivity contribution in [2.45, 2.75) is 0 Å². The summed E-state index contributed by atoms with van der Waals surface area (Å²) in [6.07, 6.45) is 0. The molecule has 0 bridgehead atoms. The highest BCUT2D eigenvalue weighted by atomic mass is 16.5. The summed E-state index contributed by atoms with van der Waals surface area (Å²) in [6.45, 7) is 0. The molecule has 0 heterocycles. The van der Waals surface area contributed by atoms with E-state index in [0.717, 1.165) is 0 Å². The van der Waals surface area contributed by atoms with Gasteiger partial charge in [0.25, 0.3) is 0 Å². The Balaban J connectivity index is 3.29. The molecule has 0 aliphatic rings. The SMILES string of the molecule is [2H]c1ccc(N)c([2H])c1OC. The summed E-state index contributed by atoms with van der Waals surface area (Å²) in [6, 6.07) is 3.30. The molecule has 1 aromatic carbocycles. The van der Waals surface area contributed by atoms with Crippen molar-refractivity contribution in [2.24, 2.45) is 0 Å². The first-order valence-corrected chi connectivity index (χ1v) is 2.56. The normalized spacial score (nSPS) is 12.1. The zero-order chi connectivity index (χ0) is 8.43. The highest BCUT2D eigenvalue weighted by Crippen LogP contribution is 2.12. The molecule has 0 aromatic heterocycles. The van der Waals surface area contributed by atoms with Crippen LogP contribution in [0.1, 0.15) is 2.74 Å². The van der Waals surface area contributed by atoms with Crippen molar-refractivity contribution in [2.75, 3.05) is 12.8 Å². The van der Waals surface area contributed by atoms with Crippen LogP contribution >= 0.6 is 0 Å². The summed E-state index contributed by atoms with van der Waals surface area (Å²) >= 11 is 0. The molecule has 2 heteroatoms. The summed E-state index contributed by atoms with van der Waals surface area (Å²) in [5.41, 5.74) is 5.75. The van der Waals surface area contributed by atoms with Crippen LogP contribution in [0.3, 0.4) is 0 Å². The van der Waals surface area contributed by atoms with Crippen LogP contribution in [0.25, 0.3) is 0 Å². The first-order chi connectivity index (χ1) is 5.16. The summed E-state index contributed by atoms with van der Waals surface area (Å²) in [7, 11) is 1.42. The molecule has 0 aliphatic heterocycles. The number of ether oxygens (including phenoxy) is 1. The molecule has 0 saturated heterocycles. The topological polar surface area (TPSA) is 35.2 Å². The van der Waals surface area contributed by atoms with E-state index in [9.17, 15) is 0 Å². The quantitative estimate of drug-likeness (QED) is 0.574. The Kier molecular flexibility index (Phi) is 1.00. The van der Waals surface area contributed by atoms with Gasteiger partial charge in [-0.25, -0.2) is 0 Å². The molecule has 1 aromatic rings. The largest absolute Gasteiger partial charge is 0.497 e. The van der Waals surface area contributed by atoms with Crippen LogP contribution in [-0.2, 0) is 0 Å². The van der Waals surface area contributed by atoms with Gasteiger partial charge in [-0.1, -0.05) is 6.07 Å². The van der Waals surface area contributed by atoms with Crippen molar-refractivity contribution < 1.29 is 7.48 Å². The van der Waals surface area contributed by atoms with E-state index in [-0.39, 0.29) is 17.8 Å². The Bertz CT molecular complexity index is 275. The van der Waals surface area contributed by atoms with Crippen LogP contribution in [0.4, 0.5) is 5.69 Å². The highest BCUT2D eigenvalue weighted by Gasteiger charge is 1.87. The summed E-state index contributed by atoms with van der Waals surface area (Å²) in [4.78, 5) is 0. The van der Waals surface area contributed by atoms with Crippen molar-refractivity contribution in [1.82, 2.24) is 0 Å². The summed E-state index contributed by atoms with van der Waals surface area (Å²) in [5.74, 6) is 0.227. The molecule has 48 valence electrons. The van der Waals surface area contributed by atoms with Crippen LogP contribution in [0.5, 0.6) is 5.75 Å². The minimum absolute atomic E-state index is 0.0833. The van der Waals surface area contributed by atoms with Gasteiger partial charge in [-0.3, -0.25) is 0 Å². The fourth-order valence-corrected chi connectivity index (χ4v) is 0.526. The minimum atomic E-state index is 0.0833. The molecule has 2 N–H and O–H groups in total. The molecule has 0 unspecified atom stereocenters. The minimum Gasteiger partial charge on any atom is -0.497 e. The van der Waals surface area contributed by atoms with Gasteiger partial charge in [0.1, 0.15) is 5.75 Å². The molecule has 0 saturated carbocycles. The van der Waals surface area contributed by atoms with Crippen molar-refractivity contribution in [3.63, 3.8) is 0 Å². The van der Waals surface area contributed by atoms with E-state index in [2.05, 4.69) is 0 Å². The van der Waals surface area contributed by atoms with Crippen LogP contribution in [0.15, 0.2) is 24.2 Å². The van der Waals surface area contributed by atoms with Gasteiger partial charge < -0.3 is 10.5 Å². The number of benzene rings is 1. The molecule has 0 fully saturated rings. The van der Waals surface area contributed by atoms with E-state index in [4.69, 9.17) is 13.2 Å². The zero-order valence-corrected chi connectivity index (χ0v) is 5.14. The molecule has 0 spiro atoms. The van der Waals surface area contributed by atoms with Gasteiger partial charge in [-0.05, 0) is 12.1 Å². The zero-order valence-electron chi connectivity index (χ0n) is 7.14. The maximum absolute atomic E-state index is 7.37. The van der Waals surface area contributed by atoms with Gasteiger partial charge in [0.2, 0.25) is 0 Å². The predicted octanol–water partition coefficient (Wildman–Crippen LogP) is 1.28. The highest BCUT2D eigenvalue weighted by molar-refractivity contribution is 5.43. The third kappa shape index (κ3) is 1.35. The van der Waals surface area contributed by atoms with E-state index in [1.54, 1.807) is 0 Å². The van der Waals surface area contributed by atoms with Gasteiger partial charge >= 0.3 is 0 Å². The second-order valence-corrected chi connectivity index (χ2v) is 1.59. The van der Waals surface area contributed by atoms with E-state index in [1.807, 2.05) is 0 Å². The number of anilines is 1. The fraction of sp³-hybridized carbons (Fsp3) is 0.143. The second-order valence-electron chi connectivity index (χ2n) is 1.59. The number of nitrogen functional groups attached to an aromatic ring is 1. The van der Waals surface area contributed by atoms with E-state index >= 15 is 0 Å². The molecule has 0 atom stereocenters. The van der Waals surface area contributed by atoms with Crippen molar-refractivity contribution in [3.05, 3.63) is 24.2 Å². The Labute approximate surface area is 57.1 Å². The number of hydrogen-bond donors (Lipinski definition) is 1. The Morgan fingerprint density at radius 3 is 3.11 bits per heavy atom. The maximum atomic E-state index is 7.37. The first kappa shape index (κ1) is 3.77. The van der Waals surface area contributed by atoms with Crippen LogP contribution in [0.2, 0.25) is 0 Å². The Hall–Kier alpha value is -1.18. The van der Waals surface area contributed by atoms with Gasteiger partial charge in [-0.15, -0.1) is 0 Å². The van der Waals surface area contributed by atoms with Crippen molar-refractivity contribution in [3.8, 4) is 5.75 Å². The fourth-order valence-electron chi connectivity index (χ4n) is 0.526. The third-order valence-corrected chi connectivity index (χ3v) is 0.939. The Morgan fingerprint density at radius 1 is 1.78 bits per heavy atom. The molecule has 0 aliphatic carbocycles. The van der Waals surface area contributed by atoms with Gasteiger partial charge in [0.05, 0.1) is 9.85 Å². The predicted molar refractivity (Wildman–Crippen MR) is 37.4 cm³/mol. The molecule has 9 heavy (non-hydrogen) atoms. The Morgan fingerprint density at radius 2 is 2.56 bits per heavy atom. The summed E-state index contributed by atoms with van der Waals surface area (Å²) < 4.78 is 19.5. The molecular weight excluding hydrogens is 114 g/mol. The van der Waals surface area contributed by atoms with E-state index in [0.29, 0.717) is 5.69 Å². The van der Waals surface area contributed by atoms with Crippen LogP contribution in [-0.4, -0.2) is 7.11 Å². The smallest absolute Gasteiger partial charge is 0.120 e. The lowest BCUT2D eigenvalue weighted by atomic mass is 10.3. The number of hydrogen-bond acceptors (Lipinski definition) is 2. The number of rotatable bonds is 1. The monoisotopic (exact) mass is 125 g/mol. The average Bonchev–Trinajstić information content (AvgIpc) is 1.99. The first-order valence-electron chi connectivity index (χ1n) is 3.56. The van der Waals surface area contributed by atoms with Crippen molar-refractivity contribution >= 4 is 5.69 Å². The average molecular weight is 125 g/mol. The van der Waals surface area contributed by atoms with Crippen molar-refractivity contribution in [1.29, 1.82) is 0 Å². The summed E-state index contributed by atoms with van der Waals surface area (Å²) in [5, 5.41) is 0. The standard InChI is InChI=1S/C7H9NO/c1-9-7-4-2-3-6(8)5-7/h2-5H,8H2,1H3/i4D,5D. The van der Waals surface area contributed by atoms with E-state index in [1.165, 1.54) is 19.2 Å². The van der Waals surface area contributed by atoms with Gasteiger partial charge in [0, 0.05) is 11.7 Å². The molecule has 0 amide bonds. The lowest BCUT2D eigenvalue weighted by Crippen LogP contribution is -1.86. The maximum Gasteiger partial charge on any atom is 0.120 e. The van der Waals surface area contributed by atoms with Crippen LogP contribution < -0.4 is 10.5 Å². The molecular formula is C7H9NO.